The van der Waals surface area contributed by atoms with Gasteiger partial charge in [0.1, 0.15) is 0 Å². The minimum absolute atomic E-state index is 0.115. The fourth-order valence-electron chi connectivity index (χ4n) is 3.58. The minimum Gasteiger partial charge on any atom is -0.403 e. The summed E-state index contributed by atoms with van der Waals surface area (Å²) in [4.78, 5) is 56.9. The van der Waals surface area contributed by atoms with Gasteiger partial charge < -0.3 is 8.83 Å². The number of ketones is 2. The molecule has 0 amide bonds. The van der Waals surface area contributed by atoms with Gasteiger partial charge in [-0.25, -0.2) is 19.6 Å². The van der Waals surface area contributed by atoms with Crippen LogP contribution in [0.5, 0.6) is 0 Å². The smallest absolute Gasteiger partial charge is 0.347 e. The van der Waals surface area contributed by atoms with Crippen LogP contribution < -0.4 is 11.3 Å². The topological polar surface area (TPSA) is 120 Å². The Balaban J connectivity index is 1.52. The molecule has 0 unspecified atom stereocenters. The zero-order valence-electron chi connectivity index (χ0n) is 18.1. The maximum atomic E-state index is 12.5. The number of benzene rings is 3. The van der Waals surface area contributed by atoms with Crippen LogP contribution in [-0.2, 0) is 0 Å². The zero-order chi connectivity index (χ0) is 24.0. The Morgan fingerprint density at radius 2 is 1.00 bits per heavy atom. The Kier molecular flexibility index (Phi) is 4.98. The van der Waals surface area contributed by atoms with Crippen molar-refractivity contribution >= 4 is 33.4 Å². The van der Waals surface area contributed by atoms with Crippen molar-refractivity contribution in [1.29, 1.82) is 0 Å². The maximum absolute atomic E-state index is 12.5. The van der Waals surface area contributed by atoms with E-state index in [1.54, 1.807) is 48.5 Å². The Morgan fingerprint density at radius 3 is 1.35 bits per heavy atom. The van der Waals surface area contributed by atoms with Gasteiger partial charge in [-0.2, -0.15) is 0 Å². The molecule has 0 fully saturated rings. The fourth-order valence-corrected chi connectivity index (χ4v) is 3.58. The molecule has 34 heavy (non-hydrogen) atoms. The lowest BCUT2D eigenvalue weighted by molar-refractivity contribution is 0.100. The molecule has 0 bridgehead atoms. The second kappa shape index (κ2) is 8.00. The summed E-state index contributed by atoms with van der Waals surface area (Å²) >= 11 is 0. The van der Waals surface area contributed by atoms with E-state index in [4.69, 9.17) is 8.83 Å². The number of aromatic nitrogens is 2. The second-order valence-electron chi connectivity index (χ2n) is 7.77. The summed E-state index contributed by atoms with van der Waals surface area (Å²) in [6.07, 6.45) is 0. The molecule has 0 aliphatic heterocycles. The van der Waals surface area contributed by atoms with Gasteiger partial charge in [-0.05, 0) is 74.5 Å². The van der Waals surface area contributed by atoms with Crippen molar-refractivity contribution in [2.24, 2.45) is 0 Å². The van der Waals surface area contributed by atoms with Gasteiger partial charge in [0.15, 0.2) is 11.6 Å². The lowest BCUT2D eigenvalue weighted by Crippen LogP contribution is -2.05. The highest BCUT2D eigenvalue weighted by atomic mass is 16.4. The number of Topliss-reactive ketones (excluding diaryl/α,β-unsaturated/α-hetero) is 2. The van der Waals surface area contributed by atoms with Crippen molar-refractivity contribution in [1.82, 2.24) is 9.97 Å². The summed E-state index contributed by atoms with van der Waals surface area (Å²) < 4.78 is 10.7. The van der Waals surface area contributed by atoms with Crippen LogP contribution in [0, 0.1) is 0 Å². The van der Waals surface area contributed by atoms with Crippen LogP contribution in [0.3, 0.4) is 0 Å². The van der Waals surface area contributed by atoms with Gasteiger partial charge in [0.25, 0.3) is 0 Å². The first-order valence-corrected chi connectivity index (χ1v) is 10.3. The lowest BCUT2D eigenvalue weighted by Gasteiger charge is -2.05. The van der Waals surface area contributed by atoms with E-state index in [1.165, 1.54) is 26.0 Å². The number of rotatable bonds is 4. The molecular weight excluding hydrogens is 436 g/mol. The average molecular weight is 452 g/mol. The number of hydrogen-bond acceptors (Lipinski definition) is 8. The number of nitrogens with zero attached hydrogens (tertiary/aromatic N) is 2. The number of carbonyl (C=O) groups is 2. The third-order valence-electron chi connectivity index (χ3n) is 5.45. The minimum atomic E-state index is -0.598. The number of hydrogen-bond donors (Lipinski definition) is 0. The summed E-state index contributed by atoms with van der Waals surface area (Å²) in [5, 5.41) is 0.450. The Bertz CT molecular complexity index is 1620. The number of fused-ring (bicyclic) bond motifs is 2. The van der Waals surface area contributed by atoms with Crippen LogP contribution in [0.1, 0.15) is 34.6 Å². The molecule has 0 aliphatic carbocycles. The van der Waals surface area contributed by atoms with E-state index in [2.05, 4.69) is 9.97 Å². The van der Waals surface area contributed by atoms with Crippen LogP contribution in [0.25, 0.3) is 44.7 Å². The average Bonchev–Trinajstić information content (AvgIpc) is 2.83. The van der Waals surface area contributed by atoms with Crippen molar-refractivity contribution in [2.75, 3.05) is 0 Å². The molecule has 0 radical (unpaired) electrons. The van der Waals surface area contributed by atoms with Crippen molar-refractivity contribution in [3.05, 3.63) is 92.6 Å². The second-order valence-corrected chi connectivity index (χ2v) is 7.77. The van der Waals surface area contributed by atoms with Crippen LogP contribution in [0.15, 0.2) is 79.1 Å². The first kappa shape index (κ1) is 21.1. The van der Waals surface area contributed by atoms with Crippen molar-refractivity contribution in [3.8, 4) is 22.9 Å². The molecule has 0 saturated heterocycles. The Labute approximate surface area is 191 Å². The zero-order valence-corrected chi connectivity index (χ0v) is 18.1. The van der Waals surface area contributed by atoms with E-state index >= 15 is 0 Å². The first-order chi connectivity index (χ1) is 16.3. The van der Waals surface area contributed by atoms with E-state index in [9.17, 15) is 19.2 Å². The molecule has 0 N–H and O–H groups in total. The molecule has 5 aromatic rings. The molecule has 8 heteroatoms. The standard InChI is InChI=1S/C26H16N2O6/c1-13(29)17-7-9-21-19(11-17)25(31)33-23(27-21)15-3-5-16(6-4-15)24-28-22-10-8-18(14(2)30)12-20(22)26(32)34-24/h3-12H,1-2H3. The van der Waals surface area contributed by atoms with Crippen molar-refractivity contribution in [2.45, 2.75) is 13.8 Å². The van der Waals surface area contributed by atoms with Gasteiger partial charge in [-0.1, -0.05) is 0 Å². The van der Waals surface area contributed by atoms with Crippen LogP contribution >= 0.6 is 0 Å². The van der Waals surface area contributed by atoms with Crippen LogP contribution in [0.4, 0.5) is 0 Å². The van der Waals surface area contributed by atoms with Gasteiger partial charge >= 0.3 is 11.3 Å². The molecule has 8 nitrogen and oxygen atoms in total. The van der Waals surface area contributed by atoms with Gasteiger partial charge in [0.05, 0.1) is 21.8 Å². The Hall–Kier alpha value is -4.72. The molecule has 0 aliphatic rings. The molecule has 0 spiro atoms. The molecule has 0 atom stereocenters. The molecular formula is C26H16N2O6. The van der Waals surface area contributed by atoms with E-state index in [0.717, 1.165) is 0 Å². The summed E-state index contributed by atoms with van der Waals surface area (Å²) in [6, 6.07) is 16.0. The van der Waals surface area contributed by atoms with Gasteiger partial charge in [-0.15, -0.1) is 0 Å². The van der Waals surface area contributed by atoms with Gasteiger partial charge in [-0.3, -0.25) is 9.59 Å². The normalized spacial score (nSPS) is 11.1. The predicted octanol–water partition coefficient (Wildman–Crippen LogP) is 4.43. The Morgan fingerprint density at radius 1 is 0.618 bits per heavy atom. The van der Waals surface area contributed by atoms with Crippen LogP contribution in [0.2, 0.25) is 0 Å². The first-order valence-electron chi connectivity index (χ1n) is 10.3. The predicted molar refractivity (Wildman–Crippen MR) is 125 cm³/mol. The summed E-state index contributed by atoms with van der Waals surface area (Å²) in [7, 11) is 0. The summed E-state index contributed by atoms with van der Waals surface area (Å²) in [6.45, 7) is 2.84. The third-order valence-corrected chi connectivity index (χ3v) is 5.45. The monoisotopic (exact) mass is 452 g/mol. The quantitative estimate of drug-likeness (QED) is 0.367. The maximum Gasteiger partial charge on any atom is 0.347 e. The van der Waals surface area contributed by atoms with E-state index in [0.29, 0.717) is 33.3 Å². The highest BCUT2D eigenvalue weighted by Crippen LogP contribution is 2.24. The summed E-state index contributed by atoms with van der Waals surface area (Å²) in [5.41, 5.74) is 1.50. The molecule has 3 aromatic carbocycles. The lowest BCUT2D eigenvalue weighted by atomic mass is 10.1. The molecule has 2 heterocycles. The highest BCUT2D eigenvalue weighted by molar-refractivity contribution is 5.98. The summed E-state index contributed by atoms with van der Waals surface area (Å²) in [5.74, 6) is -0.0861. The van der Waals surface area contributed by atoms with Crippen molar-refractivity contribution in [3.63, 3.8) is 0 Å². The SMILES string of the molecule is CC(=O)c1ccc2nc(-c3ccc(-c4nc5ccc(C(C)=O)cc5c(=O)o4)cc3)oc(=O)c2c1. The van der Waals surface area contributed by atoms with E-state index in [1.807, 2.05) is 0 Å². The molecule has 5 rings (SSSR count). The van der Waals surface area contributed by atoms with Gasteiger partial charge in [0, 0.05) is 22.3 Å². The molecule has 166 valence electrons. The molecule has 2 aromatic heterocycles. The fraction of sp³-hybridized carbons (Fsp3) is 0.0769. The third kappa shape index (κ3) is 3.71. The van der Waals surface area contributed by atoms with E-state index in [-0.39, 0.29) is 34.1 Å². The van der Waals surface area contributed by atoms with Crippen molar-refractivity contribution < 1.29 is 18.4 Å². The number of carbonyl (C=O) groups excluding carboxylic acids is 2. The highest BCUT2D eigenvalue weighted by Gasteiger charge is 2.13. The molecule has 0 saturated carbocycles. The van der Waals surface area contributed by atoms with Gasteiger partial charge in [0.2, 0.25) is 11.8 Å². The van der Waals surface area contributed by atoms with Crippen LogP contribution in [-0.4, -0.2) is 21.5 Å². The largest absolute Gasteiger partial charge is 0.403 e. The van der Waals surface area contributed by atoms with E-state index < -0.39 is 11.3 Å².